The predicted octanol–water partition coefficient (Wildman–Crippen LogP) is 4.29. The second kappa shape index (κ2) is 6.13. The van der Waals surface area contributed by atoms with Gasteiger partial charge in [-0.15, -0.1) is 0 Å². The van der Waals surface area contributed by atoms with Crippen LogP contribution in [0.4, 0.5) is 5.82 Å². The van der Waals surface area contributed by atoms with Gasteiger partial charge >= 0.3 is 0 Å². The molecule has 1 N–H and O–H groups in total. The third-order valence-electron chi connectivity index (χ3n) is 6.37. The van der Waals surface area contributed by atoms with Gasteiger partial charge in [-0.05, 0) is 72.5 Å². The fourth-order valence-electron chi connectivity index (χ4n) is 4.82. The van der Waals surface area contributed by atoms with Crippen molar-refractivity contribution in [1.29, 1.82) is 0 Å². The van der Waals surface area contributed by atoms with E-state index in [1.165, 1.54) is 11.1 Å². The van der Waals surface area contributed by atoms with Crippen LogP contribution in [0.3, 0.4) is 0 Å². The number of carbonyl (C=O) groups excluding carboxylic acids is 1. The van der Waals surface area contributed by atoms with Crippen molar-refractivity contribution >= 4 is 22.6 Å². The lowest BCUT2D eigenvalue weighted by Gasteiger charge is -2.20. The number of pyridine rings is 2. The standard InChI is InChI=1S/C25H19N3O2/c1-30-19-7-4-15(5-8-19)21-9-6-16-11-17-13-25(14-18(17)12-22(16)27-21)20-3-2-10-26-23(20)28-24(25)29/h2-12H,13-14H2,1H3,(H,26,28,29). The minimum Gasteiger partial charge on any atom is -0.497 e. The lowest BCUT2D eigenvalue weighted by molar-refractivity contribution is -0.120. The fourth-order valence-corrected chi connectivity index (χ4v) is 4.82. The third kappa shape index (κ3) is 2.38. The van der Waals surface area contributed by atoms with Crippen LogP contribution in [0.1, 0.15) is 16.7 Å². The molecular weight excluding hydrogens is 374 g/mol. The number of carbonyl (C=O) groups is 1. The zero-order chi connectivity index (χ0) is 20.3. The van der Waals surface area contributed by atoms with Crippen LogP contribution < -0.4 is 10.1 Å². The Morgan fingerprint density at radius 3 is 2.60 bits per heavy atom. The maximum absolute atomic E-state index is 12.9. The van der Waals surface area contributed by atoms with E-state index in [9.17, 15) is 4.79 Å². The molecule has 0 radical (unpaired) electrons. The van der Waals surface area contributed by atoms with Gasteiger partial charge in [0.2, 0.25) is 5.91 Å². The second-order valence-electron chi connectivity index (χ2n) is 8.03. The lowest BCUT2D eigenvalue weighted by Crippen LogP contribution is -2.35. The first-order chi connectivity index (χ1) is 14.7. The highest BCUT2D eigenvalue weighted by Crippen LogP contribution is 2.47. The number of hydrogen-bond acceptors (Lipinski definition) is 4. The summed E-state index contributed by atoms with van der Waals surface area (Å²) < 4.78 is 5.25. The van der Waals surface area contributed by atoms with Gasteiger partial charge in [-0.2, -0.15) is 0 Å². The number of aromatic nitrogens is 2. The van der Waals surface area contributed by atoms with Crippen molar-refractivity contribution in [3.63, 3.8) is 0 Å². The highest BCUT2D eigenvalue weighted by Gasteiger charge is 2.51. The number of benzene rings is 2. The van der Waals surface area contributed by atoms with Crippen LogP contribution >= 0.6 is 0 Å². The molecule has 2 aliphatic rings. The van der Waals surface area contributed by atoms with Crippen molar-refractivity contribution in [2.24, 2.45) is 0 Å². The molecule has 146 valence electrons. The van der Waals surface area contributed by atoms with E-state index in [0.29, 0.717) is 18.7 Å². The van der Waals surface area contributed by atoms with Gasteiger partial charge in [0.25, 0.3) is 0 Å². The van der Waals surface area contributed by atoms with Gasteiger partial charge in [-0.1, -0.05) is 12.1 Å². The van der Waals surface area contributed by atoms with Crippen molar-refractivity contribution in [3.8, 4) is 17.0 Å². The van der Waals surface area contributed by atoms with Crippen molar-refractivity contribution in [1.82, 2.24) is 9.97 Å². The molecule has 0 saturated carbocycles. The van der Waals surface area contributed by atoms with Gasteiger partial charge < -0.3 is 10.1 Å². The van der Waals surface area contributed by atoms with Gasteiger partial charge in [-0.3, -0.25) is 4.79 Å². The molecule has 5 nitrogen and oxygen atoms in total. The molecule has 3 heterocycles. The van der Waals surface area contributed by atoms with Crippen molar-refractivity contribution < 1.29 is 9.53 Å². The van der Waals surface area contributed by atoms with E-state index in [0.717, 1.165) is 33.5 Å². The molecule has 0 bridgehead atoms. The van der Waals surface area contributed by atoms with Crippen molar-refractivity contribution in [2.75, 3.05) is 12.4 Å². The molecule has 6 rings (SSSR count). The quantitative estimate of drug-likeness (QED) is 0.552. The Balaban J connectivity index is 1.42. The number of hydrogen-bond donors (Lipinski definition) is 1. The molecule has 1 spiro atoms. The zero-order valence-electron chi connectivity index (χ0n) is 16.5. The van der Waals surface area contributed by atoms with Crippen LogP contribution in [-0.4, -0.2) is 23.0 Å². The Bertz CT molecular complexity index is 1330. The molecule has 30 heavy (non-hydrogen) atoms. The molecule has 2 aromatic heterocycles. The summed E-state index contributed by atoms with van der Waals surface area (Å²) in [5.41, 5.74) is 5.77. The Hall–Kier alpha value is -3.73. The van der Waals surface area contributed by atoms with Crippen molar-refractivity contribution in [2.45, 2.75) is 18.3 Å². The van der Waals surface area contributed by atoms with Gasteiger partial charge in [0.1, 0.15) is 11.6 Å². The molecule has 1 aliphatic heterocycles. The average molecular weight is 393 g/mol. The van der Waals surface area contributed by atoms with Gasteiger partial charge in [0, 0.05) is 22.7 Å². The summed E-state index contributed by atoms with van der Waals surface area (Å²) in [6.07, 6.45) is 3.10. The third-order valence-corrected chi connectivity index (χ3v) is 6.37. The van der Waals surface area contributed by atoms with Crippen LogP contribution in [-0.2, 0) is 23.1 Å². The molecule has 4 aromatic rings. The maximum atomic E-state index is 12.9. The molecule has 1 aliphatic carbocycles. The lowest BCUT2D eigenvalue weighted by atomic mass is 9.79. The van der Waals surface area contributed by atoms with Crippen LogP contribution in [0.5, 0.6) is 5.75 Å². The molecule has 5 heteroatoms. The van der Waals surface area contributed by atoms with Gasteiger partial charge in [-0.25, -0.2) is 9.97 Å². The minimum atomic E-state index is -0.553. The molecular formula is C25H19N3O2. The van der Waals surface area contributed by atoms with E-state index >= 15 is 0 Å². The largest absolute Gasteiger partial charge is 0.497 e. The van der Waals surface area contributed by atoms with Gasteiger partial charge in [0.05, 0.1) is 23.7 Å². The number of anilines is 1. The van der Waals surface area contributed by atoms with E-state index in [2.05, 4.69) is 28.5 Å². The van der Waals surface area contributed by atoms with E-state index in [4.69, 9.17) is 9.72 Å². The molecule has 1 amide bonds. The number of methoxy groups -OCH3 is 1. The number of ether oxygens (including phenoxy) is 1. The Kier molecular flexibility index (Phi) is 3.51. The first-order valence-electron chi connectivity index (χ1n) is 10.0. The molecule has 0 saturated heterocycles. The number of nitrogens with zero attached hydrogens (tertiary/aromatic N) is 2. The summed E-state index contributed by atoms with van der Waals surface area (Å²) in [5, 5.41) is 4.06. The predicted molar refractivity (Wildman–Crippen MR) is 116 cm³/mol. The summed E-state index contributed by atoms with van der Waals surface area (Å²) in [5.74, 6) is 1.57. The zero-order valence-corrected chi connectivity index (χ0v) is 16.5. The SMILES string of the molecule is COc1ccc(-c2ccc3cc4c(cc3n2)CC2(C4)C(=O)Nc3ncccc32)cc1. The molecule has 1 unspecified atom stereocenters. The number of fused-ring (bicyclic) bond motifs is 4. The molecule has 0 fully saturated rings. The number of amides is 1. The Morgan fingerprint density at radius 2 is 1.80 bits per heavy atom. The van der Waals surface area contributed by atoms with Crippen LogP contribution in [0, 0.1) is 0 Å². The first-order valence-corrected chi connectivity index (χ1v) is 10.0. The summed E-state index contributed by atoms with van der Waals surface area (Å²) in [7, 11) is 1.66. The molecule has 2 aromatic carbocycles. The first kappa shape index (κ1) is 17.2. The molecule has 1 atom stereocenters. The normalized spacial score (nSPS) is 19.0. The second-order valence-corrected chi connectivity index (χ2v) is 8.03. The van der Waals surface area contributed by atoms with Crippen LogP contribution in [0.2, 0.25) is 0 Å². The Morgan fingerprint density at radius 1 is 1.00 bits per heavy atom. The van der Waals surface area contributed by atoms with Crippen molar-refractivity contribution in [3.05, 3.63) is 83.6 Å². The smallest absolute Gasteiger partial charge is 0.237 e. The average Bonchev–Trinajstić information content (AvgIpc) is 3.29. The fraction of sp³-hybridized carbons (Fsp3) is 0.160. The summed E-state index contributed by atoms with van der Waals surface area (Å²) >= 11 is 0. The Labute approximate surface area is 173 Å². The van der Waals surface area contributed by atoms with E-state index in [1.807, 2.05) is 42.5 Å². The van der Waals surface area contributed by atoms with E-state index < -0.39 is 5.41 Å². The van der Waals surface area contributed by atoms with E-state index in [-0.39, 0.29) is 5.91 Å². The van der Waals surface area contributed by atoms with Gasteiger partial charge in [0.15, 0.2) is 0 Å². The number of rotatable bonds is 2. The van der Waals surface area contributed by atoms with Crippen LogP contribution in [0.25, 0.3) is 22.2 Å². The number of nitrogens with one attached hydrogen (secondary N) is 1. The summed E-state index contributed by atoms with van der Waals surface area (Å²) in [6, 6.07) is 20.3. The maximum Gasteiger partial charge on any atom is 0.237 e. The summed E-state index contributed by atoms with van der Waals surface area (Å²) in [6.45, 7) is 0. The van der Waals surface area contributed by atoms with Crippen LogP contribution in [0.15, 0.2) is 66.9 Å². The monoisotopic (exact) mass is 393 g/mol. The minimum absolute atomic E-state index is 0.0448. The summed E-state index contributed by atoms with van der Waals surface area (Å²) in [4.78, 5) is 22.2. The highest BCUT2D eigenvalue weighted by molar-refractivity contribution is 6.06. The van der Waals surface area contributed by atoms with E-state index in [1.54, 1.807) is 13.3 Å². The highest BCUT2D eigenvalue weighted by atomic mass is 16.5. The topological polar surface area (TPSA) is 64.1 Å².